The molecule has 3 atom stereocenters. The molecule has 2 rings (SSSR count). The quantitative estimate of drug-likeness (QED) is 0.922. The molecule has 0 saturated carbocycles. The standard InChI is InChI=1S/C15H21Cl2NO2/c1-10-8-18(9-11(2)20-10)7-6-14(19)12-4-3-5-13(16)15(12)17/h3-5,10-11,14,19H,6-9H2,1-2H3/t10-,11+,14?. The minimum atomic E-state index is -0.588. The summed E-state index contributed by atoms with van der Waals surface area (Å²) in [7, 11) is 0. The highest BCUT2D eigenvalue weighted by atomic mass is 35.5. The Bertz CT molecular complexity index is 445. The lowest BCUT2D eigenvalue weighted by Crippen LogP contribution is -2.45. The molecule has 0 amide bonds. The van der Waals surface area contributed by atoms with Crippen molar-refractivity contribution in [1.29, 1.82) is 0 Å². The topological polar surface area (TPSA) is 32.7 Å². The maximum absolute atomic E-state index is 10.3. The molecule has 20 heavy (non-hydrogen) atoms. The molecule has 0 aliphatic carbocycles. The van der Waals surface area contributed by atoms with Crippen molar-refractivity contribution in [2.45, 2.75) is 38.6 Å². The van der Waals surface area contributed by atoms with Crippen LogP contribution in [0.1, 0.15) is 31.9 Å². The van der Waals surface area contributed by atoms with Crippen LogP contribution in [0.25, 0.3) is 0 Å². The number of halogens is 2. The van der Waals surface area contributed by atoms with E-state index in [2.05, 4.69) is 18.7 Å². The van der Waals surface area contributed by atoms with Crippen molar-refractivity contribution >= 4 is 23.2 Å². The van der Waals surface area contributed by atoms with Gasteiger partial charge in [0.05, 0.1) is 28.4 Å². The van der Waals surface area contributed by atoms with Gasteiger partial charge in [0, 0.05) is 25.2 Å². The summed E-state index contributed by atoms with van der Waals surface area (Å²) in [6.45, 7) is 6.78. The van der Waals surface area contributed by atoms with Gasteiger partial charge in [-0.05, 0) is 26.3 Å². The zero-order chi connectivity index (χ0) is 14.7. The second-order valence-electron chi connectivity index (χ2n) is 5.46. The minimum absolute atomic E-state index is 0.241. The smallest absolute Gasteiger partial charge is 0.0817 e. The molecule has 3 nitrogen and oxygen atoms in total. The van der Waals surface area contributed by atoms with Gasteiger partial charge in [0.1, 0.15) is 0 Å². The van der Waals surface area contributed by atoms with Crippen LogP contribution in [0.2, 0.25) is 10.0 Å². The van der Waals surface area contributed by atoms with Gasteiger partial charge in [0.2, 0.25) is 0 Å². The molecule has 112 valence electrons. The maximum Gasteiger partial charge on any atom is 0.0817 e. The average molecular weight is 318 g/mol. The van der Waals surface area contributed by atoms with Gasteiger partial charge in [0.25, 0.3) is 0 Å². The molecule has 1 aromatic rings. The Morgan fingerprint density at radius 2 is 1.95 bits per heavy atom. The molecular formula is C15H21Cl2NO2. The van der Waals surface area contributed by atoms with Crippen molar-refractivity contribution in [3.05, 3.63) is 33.8 Å². The number of nitrogens with zero attached hydrogens (tertiary/aromatic N) is 1. The van der Waals surface area contributed by atoms with Crippen molar-refractivity contribution in [1.82, 2.24) is 4.90 Å². The largest absolute Gasteiger partial charge is 0.388 e. The van der Waals surface area contributed by atoms with E-state index >= 15 is 0 Å². The van der Waals surface area contributed by atoms with Crippen LogP contribution in [0.3, 0.4) is 0 Å². The number of ether oxygens (including phenoxy) is 1. The Morgan fingerprint density at radius 1 is 1.30 bits per heavy atom. The fourth-order valence-electron chi connectivity index (χ4n) is 2.71. The van der Waals surface area contributed by atoms with E-state index in [1.165, 1.54) is 0 Å². The molecule has 1 saturated heterocycles. The SMILES string of the molecule is C[C@@H]1CN(CCC(O)c2cccc(Cl)c2Cl)C[C@H](C)O1. The molecule has 5 heteroatoms. The molecule has 1 N–H and O–H groups in total. The second kappa shape index (κ2) is 7.10. The summed E-state index contributed by atoms with van der Waals surface area (Å²) in [6.07, 6.45) is 0.533. The van der Waals surface area contributed by atoms with E-state index in [0.717, 1.165) is 19.6 Å². The van der Waals surface area contributed by atoms with Gasteiger partial charge in [-0.3, -0.25) is 4.90 Å². The highest BCUT2D eigenvalue weighted by molar-refractivity contribution is 6.42. The van der Waals surface area contributed by atoms with Crippen molar-refractivity contribution in [3.8, 4) is 0 Å². The predicted molar refractivity (Wildman–Crippen MR) is 82.5 cm³/mol. The third kappa shape index (κ3) is 4.09. The van der Waals surface area contributed by atoms with Crippen LogP contribution in [0.5, 0.6) is 0 Å². The van der Waals surface area contributed by atoms with E-state index in [1.54, 1.807) is 6.07 Å². The zero-order valence-corrected chi connectivity index (χ0v) is 13.4. The fraction of sp³-hybridized carbons (Fsp3) is 0.600. The van der Waals surface area contributed by atoms with Crippen molar-refractivity contribution in [3.63, 3.8) is 0 Å². The van der Waals surface area contributed by atoms with E-state index in [9.17, 15) is 5.11 Å². The lowest BCUT2D eigenvalue weighted by Gasteiger charge is -2.35. The number of hydrogen-bond acceptors (Lipinski definition) is 3. The molecule has 0 aromatic heterocycles. The number of hydrogen-bond donors (Lipinski definition) is 1. The first-order valence-corrected chi connectivity index (χ1v) is 7.72. The van der Waals surface area contributed by atoms with E-state index in [-0.39, 0.29) is 12.2 Å². The Balaban J connectivity index is 1.91. The van der Waals surface area contributed by atoms with Gasteiger partial charge in [-0.25, -0.2) is 0 Å². The monoisotopic (exact) mass is 317 g/mol. The Morgan fingerprint density at radius 3 is 2.60 bits per heavy atom. The Hall–Kier alpha value is -0.320. The van der Waals surface area contributed by atoms with Crippen molar-refractivity contribution in [2.24, 2.45) is 0 Å². The lowest BCUT2D eigenvalue weighted by atomic mass is 10.1. The van der Waals surface area contributed by atoms with Gasteiger partial charge in [-0.1, -0.05) is 35.3 Å². The molecular weight excluding hydrogens is 297 g/mol. The number of aliphatic hydroxyl groups excluding tert-OH is 1. The highest BCUT2D eigenvalue weighted by Crippen LogP contribution is 2.31. The normalized spacial score (nSPS) is 25.6. The van der Waals surface area contributed by atoms with Gasteiger partial charge >= 0.3 is 0 Å². The molecule has 1 aliphatic rings. The third-order valence-corrected chi connectivity index (χ3v) is 4.39. The molecule has 1 aromatic carbocycles. The fourth-order valence-corrected chi connectivity index (χ4v) is 3.14. The van der Waals surface area contributed by atoms with Crippen LogP contribution in [0, 0.1) is 0 Å². The summed E-state index contributed by atoms with van der Waals surface area (Å²) >= 11 is 12.1. The first-order valence-electron chi connectivity index (χ1n) is 6.97. The Kier molecular flexibility index (Phi) is 5.70. The summed E-state index contributed by atoms with van der Waals surface area (Å²) < 4.78 is 5.70. The number of aliphatic hydroxyl groups is 1. The van der Waals surface area contributed by atoms with Crippen LogP contribution in [-0.2, 0) is 4.74 Å². The van der Waals surface area contributed by atoms with Crippen molar-refractivity contribution < 1.29 is 9.84 Å². The summed E-state index contributed by atoms with van der Waals surface area (Å²) in [6, 6.07) is 5.36. The number of benzene rings is 1. The van der Waals surface area contributed by atoms with Gasteiger partial charge in [-0.2, -0.15) is 0 Å². The molecule has 1 unspecified atom stereocenters. The third-order valence-electron chi connectivity index (χ3n) is 3.55. The van der Waals surface area contributed by atoms with Crippen LogP contribution in [0.15, 0.2) is 18.2 Å². The van der Waals surface area contributed by atoms with Gasteiger partial charge in [0.15, 0.2) is 0 Å². The maximum atomic E-state index is 10.3. The van der Waals surface area contributed by atoms with E-state index in [1.807, 2.05) is 12.1 Å². The van der Waals surface area contributed by atoms with Crippen LogP contribution >= 0.6 is 23.2 Å². The van der Waals surface area contributed by atoms with Crippen LogP contribution in [0.4, 0.5) is 0 Å². The summed E-state index contributed by atoms with van der Waals surface area (Å²) in [5, 5.41) is 11.2. The van der Waals surface area contributed by atoms with Crippen molar-refractivity contribution in [2.75, 3.05) is 19.6 Å². The lowest BCUT2D eigenvalue weighted by molar-refractivity contribution is -0.0702. The van der Waals surface area contributed by atoms with Gasteiger partial charge in [-0.15, -0.1) is 0 Å². The van der Waals surface area contributed by atoms with Gasteiger partial charge < -0.3 is 9.84 Å². The molecule has 1 fully saturated rings. The summed E-state index contributed by atoms with van der Waals surface area (Å²) in [5.74, 6) is 0. The molecule has 0 spiro atoms. The zero-order valence-electron chi connectivity index (χ0n) is 11.9. The molecule has 0 bridgehead atoms. The molecule has 1 heterocycles. The summed E-state index contributed by atoms with van der Waals surface area (Å²) in [4.78, 5) is 2.32. The molecule has 1 aliphatic heterocycles. The van der Waals surface area contributed by atoms with E-state index < -0.39 is 6.10 Å². The van der Waals surface area contributed by atoms with E-state index in [0.29, 0.717) is 22.0 Å². The average Bonchev–Trinajstić information content (AvgIpc) is 2.38. The number of morpholine rings is 1. The summed E-state index contributed by atoms with van der Waals surface area (Å²) in [5.41, 5.74) is 0.702. The predicted octanol–water partition coefficient (Wildman–Crippen LogP) is 3.53. The van der Waals surface area contributed by atoms with Crippen LogP contribution < -0.4 is 0 Å². The Labute approximate surface area is 130 Å². The second-order valence-corrected chi connectivity index (χ2v) is 6.25. The number of rotatable bonds is 4. The van der Waals surface area contributed by atoms with E-state index in [4.69, 9.17) is 27.9 Å². The first kappa shape index (κ1) is 16.1. The first-order chi connectivity index (χ1) is 9.47. The molecule has 0 radical (unpaired) electrons. The minimum Gasteiger partial charge on any atom is -0.388 e. The highest BCUT2D eigenvalue weighted by Gasteiger charge is 2.23. The van der Waals surface area contributed by atoms with Crippen LogP contribution in [-0.4, -0.2) is 41.8 Å².